The van der Waals surface area contributed by atoms with Gasteiger partial charge in [0.05, 0.1) is 7.11 Å². The topological polar surface area (TPSA) is 102 Å². The van der Waals surface area contributed by atoms with Crippen molar-refractivity contribution < 1.29 is 19.1 Å². The third kappa shape index (κ3) is 2.89. The number of nitrogens with zero attached hydrogens (tertiary/aromatic N) is 1. The highest BCUT2D eigenvalue weighted by atomic mass is 32.2. The summed E-state index contributed by atoms with van der Waals surface area (Å²) in [4.78, 5) is 38.5. The van der Waals surface area contributed by atoms with Crippen molar-refractivity contribution in [3.8, 4) is 0 Å². The van der Waals surface area contributed by atoms with Gasteiger partial charge >= 0.3 is 5.97 Å². The Bertz CT molecular complexity index is 709. The first-order valence-corrected chi connectivity index (χ1v) is 8.84. The van der Waals surface area contributed by atoms with Crippen LogP contribution in [0.4, 0.5) is 0 Å². The molecule has 2 saturated heterocycles. The Morgan fingerprint density at radius 2 is 1.96 bits per heavy atom. The largest absolute Gasteiger partial charge is 0.467 e. The molecule has 3 rings (SSSR count). The number of ether oxygens (including phenoxy) is 1. The minimum Gasteiger partial charge on any atom is -0.467 e. The first kappa shape index (κ1) is 17.8. The van der Waals surface area contributed by atoms with Crippen LogP contribution in [0.15, 0.2) is 30.3 Å². The molecule has 0 radical (unpaired) electrons. The van der Waals surface area contributed by atoms with Gasteiger partial charge in [0.2, 0.25) is 11.8 Å². The number of hydrogen-bond donors (Lipinski definition) is 2. The van der Waals surface area contributed by atoms with Crippen molar-refractivity contribution in [3.05, 3.63) is 35.9 Å². The lowest BCUT2D eigenvalue weighted by Gasteiger charge is -2.44. The summed E-state index contributed by atoms with van der Waals surface area (Å²) in [5.41, 5.74) is 6.66. The Hall–Kier alpha value is -2.06. The van der Waals surface area contributed by atoms with Crippen molar-refractivity contribution in [2.24, 2.45) is 5.73 Å². The number of nitrogens with two attached hydrogens (primary N) is 1. The molecule has 0 bridgehead atoms. The molecular formula is C17H21N3O4S. The van der Waals surface area contributed by atoms with Gasteiger partial charge in [-0.1, -0.05) is 30.3 Å². The maximum Gasteiger partial charge on any atom is 0.330 e. The zero-order valence-corrected chi connectivity index (χ0v) is 15.1. The van der Waals surface area contributed by atoms with E-state index in [0.717, 1.165) is 0 Å². The molecule has 2 unspecified atom stereocenters. The number of carbonyl (C=O) groups excluding carboxylic acids is 3. The maximum atomic E-state index is 12.5. The van der Waals surface area contributed by atoms with E-state index in [1.165, 1.54) is 23.8 Å². The van der Waals surface area contributed by atoms with Crippen LogP contribution >= 0.6 is 11.8 Å². The number of β-lactam (4-membered cyclic amide) rings is 1. The highest BCUT2D eigenvalue weighted by molar-refractivity contribution is 8.01. The molecule has 2 aliphatic heterocycles. The first-order chi connectivity index (χ1) is 11.8. The molecule has 1 aromatic carbocycles. The lowest BCUT2D eigenvalue weighted by molar-refractivity contribution is -0.162. The van der Waals surface area contributed by atoms with Crippen molar-refractivity contribution in [2.75, 3.05) is 7.11 Å². The Morgan fingerprint density at radius 3 is 2.56 bits per heavy atom. The van der Waals surface area contributed by atoms with E-state index in [1.54, 1.807) is 24.3 Å². The van der Waals surface area contributed by atoms with Gasteiger partial charge in [-0.05, 0) is 19.4 Å². The van der Waals surface area contributed by atoms with Crippen LogP contribution in [0.3, 0.4) is 0 Å². The number of amides is 2. The van der Waals surface area contributed by atoms with E-state index in [9.17, 15) is 14.4 Å². The number of nitrogens with one attached hydrogen (secondary N) is 1. The molecular weight excluding hydrogens is 342 g/mol. The average molecular weight is 363 g/mol. The molecule has 0 aliphatic carbocycles. The molecule has 8 heteroatoms. The monoisotopic (exact) mass is 363 g/mol. The van der Waals surface area contributed by atoms with Crippen LogP contribution in [0.1, 0.15) is 25.5 Å². The predicted octanol–water partition coefficient (Wildman–Crippen LogP) is 0.407. The van der Waals surface area contributed by atoms with Gasteiger partial charge < -0.3 is 20.7 Å². The van der Waals surface area contributed by atoms with Crippen LogP contribution in [0.5, 0.6) is 0 Å². The molecule has 0 aromatic heterocycles. The lowest BCUT2D eigenvalue weighted by atomic mass is 9.95. The van der Waals surface area contributed by atoms with E-state index in [4.69, 9.17) is 10.5 Å². The van der Waals surface area contributed by atoms with Gasteiger partial charge in [-0.3, -0.25) is 9.59 Å². The number of thioether (sulfide) groups is 1. The van der Waals surface area contributed by atoms with Crippen molar-refractivity contribution >= 4 is 29.5 Å². The highest BCUT2D eigenvalue weighted by Gasteiger charge is 2.64. The summed E-state index contributed by atoms with van der Waals surface area (Å²) in [6.07, 6.45) is 0. The second-order valence-corrected chi connectivity index (χ2v) is 8.43. The minimum absolute atomic E-state index is 0.285. The van der Waals surface area contributed by atoms with E-state index < -0.39 is 34.7 Å². The van der Waals surface area contributed by atoms with E-state index in [-0.39, 0.29) is 11.3 Å². The number of methoxy groups -OCH3 is 1. The second-order valence-electron chi connectivity index (χ2n) is 6.66. The molecule has 2 heterocycles. The van der Waals surface area contributed by atoms with E-state index >= 15 is 0 Å². The predicted molar refractivity (Wildman–Crippen MR) is 93.4 cm³/mol. The number of rotatable bonds is 4. The molecule has 3 N–H and O–H groups in total. The van der Waals surface area contributed by atoms with Gasteiger partial charge in [0, 0.05) is 4.75 Å². The summed E-state index contributed by atoms with van der Waals surface area (Å²) in [5.74, 6) is -1.14. The molecule has 0 spiro atoms. The summed E-state index contributed by atoms with van der Waals surface area (Å²) in [5, 5.41) is 2.43. The normalized spacial score (nSPS) is 27.9. The third-order valence-electron chi connectivity index (χ3n) is 4.60. The summed E-state index contributed by atoms with van der Waals surface area (Å²) in [6, 6.07) is 6.78. The van der Waals surface area contributed by atoms with Crippen molar-refractivity contribution in [1.82, 2.24) is 10.2 Å². The first-order valence-electron chi connectivity index (χ1n) is 7.96. The zero-order valence-electron chi connectivity index (χ0n) is 14.3. The molecule has 7 nitrogen and oxygen atoms in total. The molecule has 134 valence electrons. The average Bonchev–Trinajstić information content (AvgIpc) is 2.86. The van der Waals surface area contributed by atoms with Gasteiger partial charge in [0.15, 0.2) is 0 Å². The zero-order chi connectivity index (χ0) is 18.4. The summed E-state index contributed by atoms with van der Waals surface area (Å²) in [7, 11) is 1.30. The molecule has 2 amide bonds. The van der Waals surface area contributed by atoms with Gasteiger partial charge in [-0.15, -0.1) is 11.8 Å². The molecule has 25 heavy (non-hydrogen) atoms. The SMILES string of the molecule is COC(=O)[C@@H]1N2C(=O)C(NC(=O)C(N)c3ccccc3)[C@H]2SC1(C)C. The van der Waals surface area contributed by atoms with Gasteiger partial charge in [-0.25, -0.2) is 4.79 Å². The summed E-state index contributed by atoms with van der Waals surface area (Å²) < 4.78 is 4.34. The van der Waals surface area contributed by atoms with Crippen LogP contribution in [-0.2, 0) is 19.1 Å². The Morgan fingerprint density at radius 1 is 1.32 bits per heavy atom. The fourth-order valence-electron chi connectivity index (χ4n) is 3.29. The number of hydrogen-bond acceptors (Lipinski definition) is 6. The number of esters is 1. The summed E-state index contributed by atoms with van der Waals surface area (Å²) in [6.45, 7) is 3.78. The highest BCUT2D eigenvalue weighted by Crippen LogP contribution is 2.51. The fourth-order valence-corrected chi connectivity index (χ4v) is 4.91. The van der Waals surface area contributed by atoms with Crippen LogP contribution in [0, 0.1) is 0 Å². The van der Waals surface area contributed by atoms with Gasteiger partial charge in [0.25, 0.3) is 0 Å². The molecule has 1 aromatic rings. The quantitative estimate of drug-likeness (QED) is 0.593. The van der Waals surface area contributed by atoms with Crippen molar-refractivity contribution in [1.29, 1.82) is 0 Å². The third-order valence-corrected chi connectivity index (χ3v) is 6.18. The Labute approximate surface area is 150 Å². The van der Waals surface area contributed by atoms with Crippen LogP contribution in [0.2, 0.25) is 0 Å². The van der Waals surface area contributed by atoms with Crippen LogP contribution in [0.25, 0.3) is 0 Å². The van der Waals surface area contributed by atoms with Crippen LogP contribution in [-0.4, -0.2) is 52.0 Å². The molecule has 0 saturated carbocycles. The fraction of sp³-hybridized carbons (Fsp3) is 0.471. The second kappa shape index (κ2) is 6.34. The number of carbonyl (C=O) groups is 3. The maximum absolute atomic E-state index is 12.5. The van der Waals surface area contributed by atoms with E-state index in [1.807, 2.05) is 19.9 Å². The molecule has 2 fully saturated rings. The Balaban J connectivity index is 1.71. The van der Waals surface area contributed by atoms with Gasteiger partial charge in [0.1, 0.15) is 23.5 Å². The minimum atomic E-state index is -0.848. The summed E-state index contributed by atoms with van der Waals surface area (Å²) >= 11 is 1.48. The van der Waals surface area contributed by atoms with Crippen LogP contribution < -0.4 is 11.1 Å². The van der Waals surface area contributed by atoms with Crippen molar-refractivity contribution in [2.45, 2.75) is 42.1 Å². The smallest absolute Gasteiger partial charge is 0.330 e. The van der Waals surface area contributed by atoms with E-state index in [2.05, 4.69) is 5.32 Å². The number of benzene rings is 1. The van der Waals surface area contributed by atoms with Crippen molar-refractivity contribution in [3.63, 3.8) is 0 Å². The Kier molecular flexibility index (Phi) is 4.51. The molecule has 4 atom stereocenters. The number of fused-ring (bicyclic) bond motifs is 1. The van der Waals surface area contributed by atoms with E-state index in [0.29, 0.717) is 5.56 Å². The molecule has 2 aliphatic rings. The van der Waals surface area contributed by atoms with Gasteiger partial charge in [-0.2, -0.15) is 0 Å². The standard InChI is InChI=1S/C17H21N3O4S/c1-17(2)12(16(23)24-3)20-14(22)11(15(20)25-17)19-13(21)10(18)9-7-5-4-6-8-9/h4-8,10-12,15H,18H2,1-3H3,(H,19,21)/t10?,11?,12-,15+/m0/s1. The lowest BCUT2D eigenvalue weighted by Crippen LogP contribution is -2.71.